The summed E-state index contributed by atoms with van der Waals surface area (Å²) in [5.74, 6) is 2.05. The predicted molar refractivity (Wildman–Crippen MR) is 79.4 cm³/mol. The van der Waals surface area contributed by atoms with Crippen LogP contribution in [-0.2, 0) is 19.9 Å². The summed E-state index contributed by atoms with van der Waals surface area (Å²) in [6.07, 6.45) is 4.76. The molecule has 0 amide bonds. The van der Waals surface area contributed by atoms with Crippen molar-refractivity contribution < 1.29 is 0 Å². The van der Waals surface area contributed by atoms with Gasteiger partial charge >= 0.3 is 0 Å². The third-order valence-electron chi connectivity index (χ3n) is 4.38. The molecule has 0 spiro atoms. The molecule has 19 heavy (non-hydrogen) atoms. The van der Waals surface area contributed by atoms with E-state index in [0.29, 0.717) is 0 Å². The van der Waals surface area contributed by atoms with E-state index in [-0.39, 0.29) is 0 Å². The average Bonchev–Trinajstić information content (AvgIpc) is 2.77. The zero-order valence-corrected chi connectivity index (χ0v) is 11.9. The van der Waals surface area contributed by atoms with Crippen molar-refractivity contribution in [3.05, 3.63) is 29.6 Å². The molecule has 1 fully saturated rings. The first-order valence-corrected chi connectivity index (χ1v) is 7.43. The summed E-state index contributed by atoms with van der Waals surface area (Å²) in [5.41, 5.74) is 3.89. The van der Waals surface area contributed by atoms with E-state index >= 15 is 0 Å². The van der Waals surface area contributed by atoms with Gasteiger partial charge in [0.05, 0.1) is 11.0 Å². The van der Waals surface area contributed by atoms with Crippen LogP contribution in [0.2, 0.25) is 0 Å². The molecular formula is C16H23N3. The molecule has 0 bridgehead atoms. The lowest BCUT2D eigenvalue weighted by atomic mass is 9.94. The van der Waals surface area contributed by atoms with E-state index < -0.39 is 0 Å². The maximum atomic E-state index is 4.86. The number of rotatable bonds is 3. The number of imidazole rings is 1. The van der Waals surface area contributed by atoms with Crippen molar-refractivity contribution in [3.63, 3.8) is 0 Å². The second-order valence-corrected chi connectivity index (χ2v) is 5.62. The van der Waals surface area contributed by atoms with E-state index in [0.717, 1.165) is 37.4 Å². The fourth-order valence-electron chi connectivity index (χ4n) is 3.21. The Labute approximate surface area is 115 Å². The van der Waals surface area contributed by atoms with Crippen LogP contribution in [0.3, 0.4) is 0 Å². The van der Waals surface area contributed by atoms with Gasteiger partial charge in [0.15, 0.2) is 0 Å². The Morgan fingerprint density at radius 1 is 1.32 bits per heavy atom. The molecule has 0 saturated carbocycles. The molecule has 1 saturated heterocycles. The molecule has 1 aromatic heterocycles. The summed E-state index contributed by atoms with van der Waals surface area (Å²) >= 11 is 0. The maximum absolute atomic E-state index is 4.86. The van der Waals surface area contributed by atoms with E-state index in [1.165, 1.54) is 29.7 Å². The number of benzene rings is 1. The fraction of sp³-hybridized carbons (Fsp3) is 0.562. The lowest BCUT2D eigenvalue weighted by molar-refractivity contribution is 0.365. The molecule has 3 heteroatoms. The summed E-state index contributed by atoms with van der Waals surface area (Å²) in [7, 11) is 2.17. The minimum Gasteiger partial charge on any atom is -0.331 e. The second-order valence-electron chi connectivity index (χ2n) is 5.62. The van der Waals surface area contributed by atoms with Crippen LogP contribution in [-0.4, -0.2) is 22.6 Å². The van der Waals surface area contributed by atoms with Crippen molar-refractivity contribution in [1.29, 1.82) is 0 Å². The van der Waals surface area contributed by atoms with Crippen LogP contribution >= 0.6 is 0 Å². The van der Waals surface area contributed by atoms with Crippen molar-refractivity contribution in [2.75, 3.05) is 13.1 Å². The number of aromatic nitrogens is 2. The van der Waals surface area contributed by atoms with Gasteiger partial charge in [0.25, 0.3) is 0 Å². The minimum atomic E-state index is 0.793. The van der Waals surface area contributed by atoms with Crippen molar-refractivity contribution in [2.45, 2.75) is 32.6 Å². The molecule has 0 aliphatic carbocycles. The molecule has 0 radical (unpaired) electrons. The predicted octanol–water partition coefficient (Wildman–Crippen LogP) is 2.68. The number of fused-ring (bicyclic) bond motifs is 1. The Morgan fingerprint density at radius 3 is 2.84 bits per heavy atom. The van der Waals surface area contributed by atoms with Crippen LogP contribution in [0.1, 0.15) is 31.2 Å². The highest BCUT2D eigenvalue weighted by molar-refractivity contribution is 5.79. The Hall–Kier alpha value is -1.35. The van der Waals surface area contributed by atoms with Gasteiger partial charge in [-0.1, -0.05) is 19.1 Å². The lowest BCUT2D eigenvalue weighted by Gasteiger charge is -2.22. The molecule has 2 aromatic rings. The Balaban J connectivity index is 1.93. The van der Waals surface area contributed by atoms with Crippen LogP contribution < -0.4 is 5.32 Å². The first kappa shape index (κ1) is 12.7. The zero-order chi connectivity index (χ0) is 13.2. The molecule has 1 N–H and O–H groups in total. The first-order valence-electron chi connectivity index (χ1n) is 7.43. The van der Waals surface area contributed by atoms with Crippen LogP contribution in [0.5, 0.6) is 0 Å². The normalized spacial score (nSPS) is 17.2. The van der Waals surface area contributed by atoms with Crippen LogP contribution in [0.15, 0.2) is 18.2 Å². The summed E-state index contributed by atoms with van der Waals surface area (Å²) in [6.45, 7) is 4.54. The largest absolute Gasteiger partial charge is 0.331 e. The number of nitrogens with one attached hydrogen (secondary N) is 1. The maximum Gasteiger partial charge on any atom is 0.109 e. The second kappa shape index (κ2) is 5.33. The third-order valence-corrected chi connectivity index (χ3v) is 4.38. The van der Waals surface area contributed by atoms with Gasteiger partial charge in [-0.25, -0.2) is 4.98 Å². The number of nitrogens with zero attached hydrogens (tertiary/aromatic N) is 2. The summed E-state index contributed by atoms with van der Waals surface area (Å²) in [4.78, 5) is 4.86. The molecular weight excluding hydrogens is 234 g/mol. The average molecular weight is 257 g/mol. The molecule has 0 unspecified atom stereocenters. The highest BCUT2D eigenvalue weighted by Gasteiger charge is 2.17. The number of para-hydroxylation sites is 1. The highest BCUT2D eigenvalue weighted by Crippen LogP contribution is 2.23. The number of aryl methyl sites for hydroxylation is 2. The van der Waals surface area contributed by atoms with E-state index in [9.17, 15) is 0 Å². The van der Waals surface area contributed by atoms with Crippen molar-refractivity contribution in [2.24, 2.45) is 13.0 Å². The monoisotopic (exact) mass is 257 g/mol. The van der Waals surface area contributed by atoms with Crippen LogP contribution in [0.25, 0.3) is 11.0 Å². The topological polar surface area (TPSA) is 29.9 Å². The van der Waals surface area contributed by atoms with Gasteiger partial charge in [-0.05, 0) is 49.9 Å². The van der Waals surface area contributed by atoms with E-state index in [4.69, 9.17) is 4.98 Å². The third kappa shape index (κ3) is 2.39. The summed E-state index contributed by atoms with van der Waals surface area (Å²) in [5, 5.41) is 3.43. The minimum absolute atomic E-state index is 0.793. The van der Waals surface area contributed by atoms with Crippen molar-refractivity contribution >= 4 is 11.0 Å². The summed E-state index contributed by atoms with van der Waals surface area (Å²) < 4.78 is 2.32. The fourth-order valence-corrected chi connectivity index (χ4v) is 3.21. The van der Waals surface area contributed by atoms with Crippen molar-refractivity contribution in [3.8, 4) is 0 Å². The Kier molecular flexibility index (Phi) is 3.56. The summed E-state index contributed by atoms with van der Waals surface area (Å²) in [6, 6.07) is 6.49. The van der Waals surface area contributed by atoms with Gasteiger partial charge in [-0.15, -0.1) is 0 Å². The van der Waals surface area contributed by atoms with Gasteiger partial charge in [-0.2, -0.15) is 0 Å². The van der Waals surface area contributed by atoms with Gasteiger partial charge < -0.3 is 9.88 Å². The number of hydrogen-bond donors (Lipinski definition) is 1. The van der Waals surface area contributed by atoms with Crippen LogP contribution in [0, 0.1) is 5.92 Å². The van der Waals surface area contributed by atoms with E-state index in [1.807, 2.05) is 0 Å². The van der Waals surface area contributed by atoms with Gasteiger partial charge in [0, 0.05) is 13.5 Å². The Bertz CT molecular complexity index is 565. The highest BCUT2D eigenvalue weighted by atomic mass is 15.1. The quantitative estimate of drug-likeness (QED) is 0.916. The van der Waals surface area contributed by atoms with Gasteiger partial charge in [0.1, 0.15) is 5.82 Å². The molecule has 2 heterocycles. The molecule has 102 valence electrons. The van der Waals surface area contributed by atoms with E-state index in [2.05, 4.69) is 42.1 Å². The molecule has 1 aliphatic heterocycles. The SMILES string of the molecule is CCc1cccc2nc(CC3CCNCC3)n(C)c12. The molecule has 3 rings (SSSR count). The van der Waals surface area contributed by atoms with Gasteiger partial charge in [-0.3, -0.25) is 0 Å². The van der Waals surface area contributed by atoms with E-state index in [1.54, 1.807) is 0 Å². The van der Waals surface area contributed by atoms with Gasteiger partial charge in [0.2, 0.25) is 0 Å². The number of piperidine rings is 1. The molecule has 1 aliphatic rings. The van der Waals surface area contributed by atoms with Crippen molar-refractivity contribution in [1.82, 2.24) is 14.9 Å². The standard InChI is InChI=1S/C16H23N3/c1-3-13-5-4-6-14-16(13)19(2)15(18-14)11-12-7-9-17-10-8-12/h4-6,12,17H,3,7-11H2,1-2H3. The first-order chi connectivity index (χ1) is 9.29. The zero-order valence-electron chi connectivity index (χ0n) is 11.9. The van der Waals surface area contributed by atoms with Crippen LogP contribution in [0.4, 0.5) is 0 Å². The Morgan fingerprint density at radius 2 is 2.11 bits per heavy atom. The molecule has 0 atom stereocenters. The smallest absolute Gasteiger partial charge is 0.109 e. The molecule has 3 nitrogen and oxygen atoms in total. The molecule has 1 aromatic carbocycles. The number of hydrogen-bond acceptors (Lipinski definition) is 2. The lowest BCUT2D eigenvalue weighted by Crippen LogP contribution is -2.29.